The topological polar surface area (TPSA) is 85.5 Å². The standard InChI is InChI=1S/C22H21N3O4/c1-28-22(27)17-7-3-2-6-16(17)21(26)25-12-10-19-18(14-25)24-20(29-19)9-8-15-5-4-11-23-13-15/h2-7,11,13H,8-10,12,14H2,1H3. The summed E-state index contributed by atoms with van der Waals surface area (Å²) in [5.41, 5.74) is 2.51. The van der Waals surface area contributed by atoms with Crippen LogP contribution in [0.3, 0.4) is 0 Å². The minimum absolute atomic E-state index is 0.212. The van der Waals surface area contributed by atoms with Crippen molar-refractivity contribution >= 4 is 11.9 Å². The van der Waals surface area contributed by atoms with E-state index in [0.29, 0.717) is 37.4 Å². The van der Waals surface area contributed by atoms with Crippen molar-refractivity contribution < 1.29 is 18.7 Å². The fourth-order valence-electron chi connectivity index (χ4n) is 3.46. The Hall–Kier alpha value is -3.48. The third-order valence-corrected chi connectivity index (χ3v) is 4.97. The van der Waals surface area contributed by atoms with Crippen LogP contribution >= 0.6 is 0 Å². The number of hydrogen-bond acceptors (Lipinski definition) is 6. The maximum Gasteiger partial charge on any atom is 0.338 e. The second-order valence-electron chi connectivity index (χ2n) is 6.85. The number of hydrogen-bond donors (Lipinski definition) is 0. The molecule has 1 aliphatic rings. The molecule has 148 valence electrons. The van der Waals surface area contributed by atoms with Gasteiger partial charge < -0.3 is 14.1 Å². The average Bonchev–Trinajstić information content (AvgIpc) is 3.19. The highest BCUT2D eigenvalue weighted by molar-refractivity contribution is 6.05. The Morgan fingerprint density at radius 2 is 1.97 bits per heavy atom. The molecular weight excluding hydrogens is 370 g/mol. The van der Waals surface area contributed by atoms with Gasteiger partial charge in [0, 0.05) is 31.8 Å². The van der Waals surface area contributed by atoms with E-state index >= 15 is 0 Å². The summed E-state index contributed by atoms with van der Waals surface area (Å²) >= 11 is 0. The third-order valence-electron chi connectivity index (χ3n) is 4.97. The van der Waals surface area contributed by atoms with Gasteiger partial charge >= 0.3 is 5.97 Å². The van der Waals surface area contributed by atoms with E-state index in [9.17, 15) is 9.59 Å². The first-order valence-electron chi connectivity index (χ1n) is 9.48. The molecule has 29 heavy (non-hydrogen) atoms. The van der Waals surface area contributed by atoms with Crippen LogP contribution in [-0.4, -0.2) is 40.4 Å². The quantitative estimate of drug-likeness (QED) is 0.622. The largest absolute Gasteiger partial charge is 0.465 e. The molecule has 0 unspecified atom stereocenters. The van der Waals surface area contributed by atoms with Gasteiger partial charge in [0.05, 0.1) is 24.8 Å². The number of benzene rings is 1. The molecule has 1 aromatic carbocycles. The first-order valence-corrected chi connectivity index (χ1v) is 9.48. The molecule has 4 rings (SSSR count). The molecule has 0 aliphatic carbocycles. The van der Waals surface area contributed by atoms with E-state index in [0.717, 1.165) is 23.4 Å². The van der Waals surface area contributed by atoms with Crippen LogP contribution in [0.15, 0.2) is 53.2 Å². The number of aryl methyl sites for hydroxylation is 2. The van der Waals surface area contributed by atoms with E-state index in [1.165, 1.54) is 7.11 Å². The van der Waals surface area contributed by atoms with Crippen LogP contribution in [0.5, 0.6) is 0 Å². The predicted octanol–water partition coefficient (Wildman–Crippen LogP) is 2.84. The van der Waals surface area contributed by atoms with Gasteiger partial charge in [0.1, 0.15) is 11.5 Å². The molecule has 1 aliphatic heterocycles. The highest BCUT2D eigenvalue weighted by Crippen LogP contribution is 2.23. The van der Waals surface area contributed by atoms with Crippen LogP contribution in [0, 0.1) is 0 Å². The van der Waals surface area contributed by atoms with Crippen LogP contribution in [0.2, 0.25) is 0 Å². The van der Waals surface area contributed by atoms with Gasteiger partial charge in [0.25, 0.3) is 5.91 Å². The fraction of sp³-hybridized carbons (Fsp3) is 0.273. The van der Waals surface area contributed by atoms with Crippen molar-refractivity contribution in [2.24, 2.45) is 0 Å². The molecule has 0 saturated heterocycles. The van der Waals surface area contributed by atoms with Crippen LogP contribution in [0.1, 0.15) is 43.6 Å². The van der Waals surface area contributed by atoms with Crippen molar-refractivity contribution in [3.05, 3.63) is 82.8 Å². The highest BCUT2D eigenvalue weighted by Gasteiger charge is 2.28. The van der Waals surface area contributed by atoms with Gasteiger partial charge in [0.2, 0.25) is 0 Å². The van der Waals surface area contributed by atoms with E-state index in [-0.39, 0.29) is 11.5 Å². The first-order chi connectivity index (χ1) is 14.2. The van der Waals surface area contributed by atoms with Crippen molar-refractivity contribution in [1.82, 2.24) is 14.9 Å². The lowest BCUT2D eigenvalue weighted by molar-refractivity contribution is 0.0588. The predicted molar refractivity (Wildman–Crippen MR) is 104 cm³/mol. The zero-order valence-corrected chi connectivity index (χ0v) is 16.1. The Balaban J connectivity index is 1.47. The normalized spacial score (nSPS) is 13.1. The third kappa shape index (κ3) is 4.03. The highest BCUT2D eigenvalue weighted by atomic mass is 16.5. The molecule has 3 heterocycles. The second kappa shape index (κ2) is 8.26. The SMILES string of the molecule is COC(=O)c1ccccc1C(=O)N1CCc2oc(CCc3cccnc3)nc2C1. The number of amides is 1. The van der Waals surface area contributed by atoms with Crippen LogP contribution in [-0.2, 0) is 30.5 Å². The number of carbonyl (C=O) groups excluding carboxylic acids is 2. The van der Waals surface area contributed by atoms with Crippen molar-refractivity contribution in [3.63, 3.8) is 0 Å². The van der Waals surface area contributed by atoms with E-state index < -0.39 is 5.97 Å². The van der Waals surface area contributed by atoms with Crippen LogP contribution in [0.4, 0.5) is 0 Å². The number of methoxy groups -OCH3 is 1. The Bertz CT molecular complexity index is 1030. The van der Waals surface area contributed by atoms with Crippen LogP contribution in [0.25, 0.3) is 0 Å². The van der Waals surface area contributed by atoms with E-state index in [1.54, 1.807) is 35.4 Å². The number of pyridine rings is 1. The van der Waals surface area contributed by atoms with Gasteiger partial charge in [-0.05, 0) is 30.2 Å². The summed E-state index contributed by atoms with van der Waals surface area (Å²) in [6.45, 7) is 0.874. The van der Waals surface area contributed by atoms with Gasteiger partial charge in [-0.15, -0.1) is 0 Å². The van der Waals surface area contributed by atoms with E-state index in [2.05, 4.69) is 9.97 Å². The van der Waals surface area contributed by atoms with Gasteiger partial charge in [-0.3, -0.25) is 9.78 Å². The molecule has 0 radical (unpaired) electrons. The summed E-state index contributed by atoms with van der Waals surface area (Å²) in [5.74, 6) is 0.766. The Morgan fingerprint density at radius 3 is 2.72 bits per heavy atom. The zero-order valence-electron chi connectivity index (χ0n) is 16.1. The maximum absolute atomic E-state index is 13.0. The minimum Gasteiger partial charge on any atom is -0.465 e. The van der Waals surface area contributed by atoms with Gasteiger partial charge in [-0.25, -0.2) is 9.78 Å². The summed E-state index contributed by atoms with van der Waals surface area (Å²) in [4.78, 5) is 35.4. The number of rotatable bonds is 5. The molecule has 0 bridgehead atoms. The Kier molecular flexibility index (Phi) is 5.37. The molecule has 7 nitrogen and oxygen atoms in total. The summed E-state index contributed by atoms with van der Waals surface area (Å²) in [6, 6.07) is 10.6. The molecule has 0 N–H and O–H groups in total. The molecule has 0 atom stereocenters. The van der Waals surface area contributed by atoms with E-state index in [1.807, 2.05) is 18.3 Å². The number of nitrogens with zero attached hydrogens (tertiary/aromatic N) is 3. The Morgan fingerprint density at radius 1 is 1.14 bits per heavy atom. The lowest BCUT2D eigenvalue weighted by Gasteiger charge is -2.26. The average molecular weight is 391 g/mol. The number of esters is 1. The monoisotopic (exact) mass is 391 g/mol. The smallest absolute Gasteiger partial charge is 0.338 e. The van der Waals surface area contributed by atoms with Gasteiger partial charge in [-0.1, -0.05) is 18.2 Å². The number of carbonyl (C=O) groups is 2. The molecule has 2 aromatic heterocycles. The number of oxazole rings is 1. The molecule has 0 spiro atoms. The molecule has 7 heteroatoms. The summed E-state index contributed by atoms with van der Waals surface area (Å²) in [5, 5.41) is 0. The summed E-state index contributed by atoms with van der Waals surface area (Å²) < 4.78 is 10.7. The minimum atomic E-state index is -0.522. The Labute approximate surface area is 168 Å². The van der Waals surface area contributed by atoms with Gasteiger partial charge in [0.15, 0.2) is 5.89 Å². The van der Waals surface area contributed by atoms with Gasteiger partial charge in [-0.2, -0.15) is 0 Å². The molecule has 0 fully saturated rings. The molecule has 0 saturated carbocycles. The van der Waals surface area contributed by atoms with Crippen molar-refractivity contribution in [2.45, 2.75) is 25.8 Å². The molecule has 3 aromatic rings. The second-order valence-corrected chi connectivity index (χ2v) is 6.85. The fourth-order valence-corrected chi connectivity index (χ4v) is 3.46. The van der Waals surface area contributed by atoms with Crippen LogP contribution < -0.4 is 0 Å². The summed E-state index contributed by atoms with van der Waals surface area (Å²) in [6.07, 6.45) is 5.65. The first kappa shape index (κ1) is 18.9. The summed E-state index contributed by atoms with van der Waals surface area (Å²) in [7, 11) is 1.30. The number of aromatic nitrogens is 2. The maximum atomic E-state index is 13.0. The van der Waals surface area contributed by atoms with E-state index in [4.69, 9.17) is 9.15 Å². The molecule has 1 amide bonds. The lowest BCUT2D eigenvalue weighted by atomic mass is 10.0. The number of ether oxygens (including phenoxy) is 1. The number of fused-ring (bicyclic) bond motifs is 1. The lowest BCUT2D eigenvalue weighted by Crippen LogP contribution is -2.36. The molecular formula is C22H21N3O4. The zero-order chi connectivity index (χ0) is 20.2. The van der Waals surface area contributed by atoms with Crippen molar-refractivity contribution in [3.8, 4) is 0 Å². The van der Waals surface area contributed by atoms with Crippen molar-refractivity contribution in [1.29, 1.82) is 0 Å². The van der Waals surface area contributed by atoms with Crippen molar-refractivity contribution in [2.75, 3.05) is 13.7 Å².